The molecule has 0 unspecified atom stereocenters. The van der Waals surface area contributed by atoms with E-state index >= 15 is 0 Å². The Labute approximate surface area is 60.1 Å². The van der Waals surface area contributed by atoms with E-state index in [0.29, 0.717) is 5.95 Å². The summed E-state index contributed by atoms with van der Waals surface area (Å²) in [5.74, 6) is 0.358. The number of nitrogens with zero attached hydrogens (tertiary/aromatic N) is 3. The fourth-order valence-corrected chi connectivity index (χ4v) is 0.737. The Morgan fingerprint density at radius 1 is 1.70 bits per heavy atom. The molecule has 0 aliphatic carbocycles. The molecule has 0 aliphatic heterocycles. The van der Waals surface area contributed by atoms with Crippen molar-refractivity contribution in [3.8, 4) is 0 Å². The summed E-state index contributed by atoms with van der Waals surface area (Å²) in [6.45, 7) is 3.06. The van der Waals surface area contributed by atoms with Gasteiger partial charge in [-0.2, -0.15) is 0 Å². The number of unbranched alkanes of at least 4 members (excludes halogenated alkanes) is 1. The smallest absolute Gasteiger partial charge is 0.239 e. The van der Waals surface area contributed by atoms with Crippen LogP contribution in [0.3, 0.4) is 0 Å². The van der Waals surface area contributed by atoms with Crippen LogP contribution in [0.4, 0.5) is 5.95 Å². The van der Waals surface area contributed by atoms with E-state index < -0.39 is 0 Å². The summed E-state index contributed by atoms with van der Waals surface area (Å²) in [6, 6.07) is 0. The summed E-state index contributed by atoms with van der Waals surface area (Å²) in [5.41, 5.74) is 5.31. The minimum absolute atomic E-state index is 0.358. The molecule has 0 spiro atoms. The lowest BCUT2D eigenvalue weighted by Crippen LogP contribution is -1.98. The largest absolute Gasteiger partial charge is 0.367 e. The lowest BCUT2D eigenvalue weighted by atomic mass is 10.3. The van der Waals surface area contributed by atoms with Gasteiger partial charge in [0.2, 0.25) is 5.95 Å². The van der Waals surface area contributed by atoms with Gasteiger partial charge in [0.05, 0.1) is 0 Å². The predicted molar refractivity (Wildman–Crippen MR) is 39.3 cm³/mol. The molecule has 0 aromatic carbocycles. The van der Waals surface area contributed by atoms with Crippen molar-refractivity contribution in [2.75, 3.05) is 5.73 Å². The van der Waals surface area contributed by atoms with E-state index in [1.807, 2.05) is 0 Å². The maximum absolute atomic E-state index is 5.31. The Morgan fingerprint density at radius 2 is 2.50 bits per heavy atom. The highest BCUT2D eigenvalue weighted by molar-refractivity contribution is 5.08. The summed E-state index contributed by atoms with van der Waals surface area (Å²) in [6.07, 6.45) is 3.95. The van der Waals surface area contributed by atoms with Crippen LogP contribution >= 0.6 is 0 Å². The third-order valence-electron chi connectivity index (χ3n) is 1.29. The first-order valence-electron chi connectivity index (χ1n) is 3.48. The second kappa shape index (κ2) is 3.20. The first kappa shape index (κ1) is 7.05. The second-order valence-corrected chi connectivity index (χ2v) is 2.22. The molecule has 0 fully saturated rings. The summed E-state index contributed by atoms with van der Waals surface area (Å²) >= 11 is 0. The number of nitrogens with two attached hydrogens (primary N) is 1. The molecule has 1 heterocycles. The number of anilines is 1. The molecule has 0 saturated heterocycles. The Bertz CT molecular complexity index is 193. The van der Waals surface area contributed by atoms with Gasteiger partial charge in [-0.25, -0.2) is 4.98 Å². The van der Waals surface area contributed by atoms with Gasteiger partial charge in [-0.1, -0.05) is 13.3 Å². The zero-order chi connectivity index (χ0) is 7.40. The van der Waals surface area contributed by atoms with E-state index in [4.69, 9.17) is 5.73 Å². The van der Waals surface area contributed by atoms with Gasteiger partial charge in [0.1, 0.15) is 6.33 Å². The Balaban J connectivity index is 2.42. The van der Waals surface area contributed by atoms with Crippen LogP contribution in [0.25, 0.3) is 0 Å². The average molecular weight is 140 g/mol. The minimum Gasteiger partial charge on any atom is -0.367 e. The molecule has 0 amide bonds. The summed E-state index contributed by atoms with van der Waals surface area (Å²) < 4.78 is 1.76. The first-order chi connectivity index (χ1) is 4.83. The van der Waals surface area contributed by atoms with E-state index in [0.717, 1.165) is 13.0 Å². The highest BCUT2D eigenvalue weighted by Gasteiger charge is 1.92. The molecule has 0 radical (unpaired) electrons. The molecule has 0 aliphatic rings. The highest BCUT2D eigenvalue weighted by atomic mass is 15.3. The van der Waals surface area contributed by atoms with Crippen LogP contribution in [-0.4, -0.2) is 14.8 Å². The molecular weight excluding hydrogens is 128 g/mol. The lowest BCUT2D eigenvalue weighted by Gasteiger charge is -1.94. The molecule has 0 bridgehead atoms. The molecule has 0 atom stereocenters. The number of hydrogen-bond donors (Lipinski definition) is 1. The van der Waals surface area contributed by atoms with E-state index in [9.17, 15) is 0 Å². The molecule has 1 rings (SSSR count). The van der Waals surface area contributed by atoms with Crippen LogP contribution in [0.15, 0.2) is 6.33 Å². The van der Waals surface area contributed by atoms with Crippen molar-refractivity contribution < 1.29 is 0 Å². The van der Waals surface area contributed by atoms with Gasteiger partial charge in [0, 0.05) is 6.54 Å². The minimum atomic E-state index is 0.358. The molecule has 4 nitrogen and oxygen atoms in total. The highest BCUT2D eigenvalue weighted by Crippen LogP contribution is 1.93. The molecule has 56 valence electrons. The normalized spacial score (nSPS) is 10.1. The van der Waals surface area contributed by atoms with Crippen molar-refractivity contribution >= 4 is 5.95 Å². The predicted octanol–water partition coefficient (Wildman–Crippen LogP) is 0.660. The van der Waals surface area contributed by atoms with Gasteiger partial charge in [-0.05, 0) is 6.42 Å². The fraction of sp³-hybridized carbons (Fsp3) is 0.667. The topological polar surface area (TPSA) is 56.7 Å². The van der Waals surface area contributed by atoms with Gasteiger partial charge in [-0.3, -0.25) is 4.68 Å². The van der Waals surface area contributed by atoms with Gasteiger partial charge in [0.25, 0.3) is 0 Å². The monoisotopic (exact) mass is 140 g/mol. The molecule has 10 heavy (non-hydrogen) atoms. The van der Waals surface area contributed by atoms with Crippen LogP contribution in [-0.2, 0) is 6.54 Å². The number of nitrogen functional groups attached to an aromatic ring is 1. The second-order valence-electron chi connectivity index (χ2n) is 2.22. The number of aryl methyl sites for hydroxylation is 1. The zero-order valence-electron chi connectivity index (χ0n) is 6.12. The van der Waals surface area contributed by atoms with E-state index in [-0.39, 0.29) is 0 Å². The average Bonchev–Trinajstić information content (AvgIpc) is 2.31. The maximum atomic E-state index is 5.31. The molecular formula is C6H12N4. The third kappa shape index (κ3) is 1.72. The van der Waals surface area contributed by atoms with E-state index in [1.165, 1.54) is 6.42 Å². The zero-order valence-corrected chi connectivity index (χ0v) is 6.12. The SMILES string of the molecule is CCCCn1cnc(N)n1. The standard InChI is InChI=1S/C6H12N4/c1-2-3-4-10-5-8-6(7)9-10/h5H,2-4H2,1H3,(H2,7,9). The van der Waals surface area contributed by atoms with Crippen LogP contribution in [0.2, 0.25) is 0 Å². The Kier molecular flexibility index (Phi) is 2.25. The Hall–Kier alpha value is -1.06. The molecule has 1 aromatic rings. The van der Waals surface area contributed by atoms with E-state index in [1.54, 1.807) is 11.0 Å². The van der Waals surface area contributed by atoms with Crippen molar-refractivity contribution in [2.45, 2.75) is 26.3 Å². The van der Waals surface area contributed by atoms with Crippen LogP contribution < -0.4 is 5.73 Å². The van der Waals surface area contributed by atoms with Gasteiger partial charge >= 0.3 is 0 Å². The summed E-state index contributed by atoms with van der Waals surface area (Å²) in [4.78, 5) is 3.80. The van der Waals surface area contributed by atoms with Gasteiger partial charge < -0.3 is 5.73 Å². The number of aromatic nitrogens is 3. The molecule has 0 saturated carbocycles. The molecule has 4 heteroatoms. The van der Waals surface area contributed by atoms with Crippen molar-refractivity contribution in [1.82, 2.24) is 14.8 Å². The maximum Gasteiger partial charge on any atom is 0.239 e. The third-order valence-corrected chi connectivity index (χ3v) is 1.29. The molecule has 1 aromatic heterocycles. The number of rotatable bonds is 3. The van der Waals surface area contributed by atoms with Crippen molar-refractivity contribution in [3.05, 3.63) is 6.33 Å². The van der Waals surface area contributed by atoms with Crippen molar-refractivity contribution in [3.63, 3.8) is 0 Å². The van der Waals surface area contributed by atoms with Crippen molar-refractivity contribution in [1.29, 1.82) is 0 Å². The van der Waals surface area contributed by atoms with Gasteiger partial charge in [0.15, 0.2) is 0 Å². The quantitative estimate of drug-likeness (QED) is 0.671. The summed E-state index contributed by atoms with van der Waals surface area (Å²) in [5, 5.41) is 3.93. The molecule has 2 N–H and O–H groups in total. The number of hydrogen-bond acceptors (Lipinski definition) is 3. The van der Waals surface area contributed by atoms with Crippen molar-refractivity contribution in [2.24, 2.45) is 0 Å². The Morgan fingerprint density at radius 3 is 3.00 bits per heavy atom. The van der Waals surface area contributed by atoms with Gasteiger partial charge in [-0.15, -0.1) is 5.10 Å². The van der Waals surface area contributed by atoms with E-state index in [2.05, 4.69) is 17.0 Å². The summed E-state index contributed by atoms with van der Waals surface area (Å²) in [7, 11) is 0. The van der Waals surface area contributed by atoms with Crippen LogP contribution in [0.1, 0.15) is 19.8 Å². The fourth-order valence-electron chi connectivity index (χ4n) is 0.737. The lowest BCUT2D eigenvalue weighted by molar-refractivity contribution is 0.572. The van der Waals surface area contributed by atoms with Crippen LogP contribution in [0.5, 0.6) is 0 Å². The first-order valence-corrected chi connectivity index (χ1v) is 3.48. The van der Waals surface area contributed by atoms with Crippen LogP contribution in [0, 0.1) is 0 Å².